The van der Waals surface area contributed by atoms with Crippen LogP contribution in [0, 0.1) is 10.8 Å². The van der Waals surface area contributed by atoms with Gasteiger partial charge in [-0.25, -0.2) is 0 Å². The summed E-state index contributed by atoms with van der Waals surface area (Å²) in [6.07, 6.45) is 2.48. The fourth-order valence-corrected chi connectivity index (χ4v) is 6.68. The molecule has 5 rings (SSSR count). The van der Waals surface area contributed by atoms with Crippen molar-refractivity contribution in [2.75, 3.05) is 19.0 Å². The Balaban J connectivity index is 1.48. The molecule has 1 N–H and O–H groups in total. The van der Waals surface area contributed by atoms with E-state index < -0.39 is 5.92 Å². The number of hydrogen-bond acceptors (Lipinski definition) is 5. The second-order valence-electron chi connectivity index (χ2n) is 12.5. The van der Waals surface area contributed by atoms with Gasteiger partial charge in [0.1, 0.15) is 5.75 Å². The van der Waals surface area contributed by atoms with Crippen LogP contribution in [0.15, 0.2) is 75.5 Å². The van der Waals surface area contributed by atoms with Crippen molar-refractivity contribution < 1.29 is 19.1 Å². The number of amides is 1. The molecule has 1 aliphatic heterocycles. The number of carbonyl (C=O) groups is 3. The maximum atomic E-state index is 13.7. The zero-order valence-corrected chi connectivity index (χ0v) is 24.8. The van der Waals surface area contributed by atoms with Crippen molar-refractivity contribution in [1.82, 2.24) is 4.90 Å². The van der Waals surface area contributed by atoms with E-state index in [0.29, 0.717) is 28.8 Å². The molecule has 6 nitrogen and oxygen atoms in total. The van der Waals surface area contributed by atoms with Crippen LogP contribution in [0.3, 0.4) is 0 Å². The smallest absolute Gasteiger partial charge is 0.262 e. The van der Waals surface area contributed by atoms with E-state index in [1.54, 1.807) is 0 Å². The highest BCUT2D eigenvalue weighted by atomic mass is 79.9. The third kappa shape index (κ3) is 5.46. The number of ketones is 2. The Morgan fingerprint density at radius 2 is 1.49 bits per heavy atom. The summed E-state index contributed by atoms with van der Waals surface area (Å²) < 4.78 is 6.48. The van der Waals surface area contributed by atoms with Gasteiger partial charge in [0.25, 0.3) is 5.91 Å². The average Bonchev–Trinajstić information content (AvgIpc) is 2.84. The summed E-state index contributed by atoms with van der Waals surface area (Å²) in [5.74, 6) is 0.0613. The van der Waals surface area contributed by atoms with Crippen molar-refractivity contribution in [2.45, 2.75) is 59.3 Å². The Hall–Kier alpha value is -3.19. The topological polar surface area (TPSA) is 75.7 Å². The number of para-hydroxylation sites is 1. The predicted molar refractivity (Wildman–Crippen MR) is 155 cm³/mol. The Morgan fingerprint density at radius 3 is 2.03 bits per heavy atom. The molecule has 2 aromatic rings. The quantitative estimate of drug-likeness (QED) is 0.415. The molecule has 0 spiro atoms. The SMILES string of the molecule is CN1C2=C(C(=O)CC(C)(C)C2)C(c2ccc(OCC(=O)Nc3ccccc3)c(Br)c2)C2=C1CC(C)(C)CC2=O. The average molecular weight is 592 g/mol. The molecule has 2 aromatic carbocycles. The molecular weight excluding hydrogens is 556 g/mol. The fourth-order valence-electron chi connectivity index (χ4n) is 6.17. The van der Waals surface area contributed by atoms with Crippen LogP contribution in [-0.4, -0.2) is 36.0 Å². The second kappa shape index (κ2) is 10.1. The number of ether oxygens (including phenoxy) is 1. The van der Waals surface area contributed by atoms with Crippen molar-refractivity contribution >= 4 is 39.1 Å². The Morgan fingerprint density at radius 1 is 0.923 bits per heavy atom. The molecule has 0 fully saturated rings. The minimum Gasteiger partial charge on any atom is -0.483 e. The van der Waals surface area contributed by atoms with Gasteiger partial charge in [0.05, 0.1) is 4.47 Å². The van der Waals surface area contributed by atoms with Crippen LogP contribution in [0.1, 0.15) is 64.9 Å². The van der Waals surface area contributed by atoms with E-state index in [4.69, 9.17) is 4.74 Å². The van der Waals surface area contributed by atoms with E-state index in [0.717, 1.165) is 40.9 Å². The molecule has 7 heteroatoms. The molecule has 3 aliphatic rings. The second-order valence-corrected chi connectivity index (χ2v) is 13.3. The number of nitrogens with zero attached hydrogens (tertiary/aromatic N) is 1. The highest BCUT2D eigenvalue weighted by Gasteiger charge is 2.48. The first-order valence-corrected chi connectivity index (χ1v) is 14.2. The maximum absolute atomic E-state index is 13.7. The molecule has 2 aliphatic carbocycles. The zero-order chi connectivity index (χ0) is 28.1. The molecule has 0 unspecified atom stereocenters. The first-order chi connectivity index (χ1) is 18.3. The summed E-state index contributed by atoms with van der Waals surface area (Å²) in [7, 11) is 2.01. The molecule has 39 heavy (non-hydrogen) atoms. The number of nitrogens with one attached hydrogen (secondary N) is 1. The summed E-state index contributed by atoms with van der Waals surface area (Å²) in [6, 6.07) is 14.9. The molecule has 0 aromatic heterocycles. The highest BCUT2D eigenvalue weighted by molar-refractivity contribution is 9.10. The van der Waals surface area contributed by atoms with E-state index in [2.05, 4.69) is 53.8 Å². The third-order valence-electron chi connectivity index (χ3n) is 7.89. The number of benzene rings is 2. The summed E-state index contributed by atoms with van der Waals surface area (Å²) in [5.41, 5.74) is 4.84. The fraction of sp³-hybridized carbons (Fsp3) is 0.406. The van der Waals surface area contributed by atoms with E-state index >= 15 is 0 Å². The predicted octanol–water partition coefficient (Wildman–Crippen LogP) is 6.78. The molecule has 0 atom stereocenters. The highest BCUT2D eigenvalue weighted by Crippen LogP contribution is 2.54. The van der Waals surface area contributed by atoms with Gasteiger partial charge in [-0.05, 0) is 69.4 Å². The summed E-state index contributed by atoms with van der Waals surface area (Å²) in [6.45, 7) is 8.39. The van der Waals surface area contributed by atoms with Gasteiger partial charge in [-0.3, -0.25) is 14.4 Å². The van der Waals surface area contributed by atoms with E-state index in [1.807, 2.05) is 55.6 Å². The van der Waals surface area contributed by atoms with Crippen LogP contribution in [0.4, 0.5) is 5.69 Å². The first-order valence-electron chi connectivity index (χ1n) is 13.4. The van der Waals surface area contributed by atoms with Gasteiger partial charge in [-0.2, -0.15) is 0 Å². The number of allylic oxidation sites excluding steroid dienone is 4. The number of carbonyl (C=O) groups excluding carboxylic acids is 3. The van der Waals surface area contributed by atoms with Crippen molar-refractivity contribution in [2.24, 2.45) is 10.8 Å². The number of Topliss-reactive ketones (excluding diaryl/α,β-unsaturated/α-hetero) is 2. The normalized spacial score (nSPS) is 20.5. The molecule has 0 saturated heterocycles. The Labute approximate surface area is 238 Å². The van der Waals surface area contributed by atoms with Crippen LogP contribution in [0.2, 0.25) is 0 Å². The van der Waals surface area contributed by atoms with Crippen molar-refractivity contribution in [3.63, 3.8) is 0 Å². The lowest BCUT2D eigenvalue weighted by atomic mass is 9.64. The van der Waals surface area contributed by atoms with E-state index in [1.165, 1.54) is 0 Å². The van der Waals surface area contributed by atoms with Gasteiger partial charge < -0.3 is 15.0 Å². The lowest BCUT2D eigenvalue weighted by Crippen LogP contribution is -2.43. The number of hydrogen-bond donors (Lipinski definition) is 1. The summed E-state index contributed by atoms with van der Waals surface area (Å²) in [4.78, 5) is 41.9. The van der Waals surface area contributed by atoms with Gasteiger partial charge in [-0.15, -0.1) is 0 Å². The molecular formula is C32H35BrN2O4. The van der Waals surface area contributed by atoms with Crippen LogP contribution in [0.25, 0.3) is 0 Å². The summed E-state index contributed by atoms with van der Waals surface area (Å²) >= 11 is 3.62. The van der Waals surface area contributed by atoms with Gasteiger partial charge in [0.15, 0.2) is 18.2 Å². The van der Waals surface area contributed by atoms with Crippen LogP contribution in [-0.2, 0) is 14.4 Å². The molecule has 204 valence electrons. The lowest BCUT2D eigenvalue weighted by molar-refractivity contribution is -0.120. The largest absolute Gasteiger partial charge is 0.483 e. The van der Waals surface area contributed by atoms with Gasteiger partial charge >= 0.3 is 0 Å². The van der Waals surface area contributed by atoms with E-state index in [-0.39, 0.29) is 34.9 Å². The molecule has 1 amide bonds. The Kier molecular flexibility index (Phi) is 7.08. The lowest BCUT2D eigenvalue weighted by Gasteiger charge is -2.47. The molecule has 0 bridgehead atoms. The van der Waals surface area contributed by atoms with Gasteiger partial charge in [0, 0.05) is 54.0 Å². The first kappa shape index (κ1) is 27.4. The minimum absolute atomic E-state index is 0.108. The number of anilines is 1. The molecule has 0 saturated carbocycles. The van der Waals surface area contributed by atoms with Crippen molar-refractivity contribution in [1.29, 1.82) is 0 Å². The molecule has 1 heterocycles. The minimum atomic E-state index is -0.412. The maximum Gasteiger partial charge on any atom is 0.262 e. The monoisotopic (exact) mass is 590 g/mol. The Bertz CT molecular complexity index is 1370. The molecule has 0 radical (unpaired) electrons. The van der Waals surface area contributed by atoms with Crippen molar-refractivity contribution in [3.05, 3.63) is 81.1 Å². The van der Waals surface area contributed by atoms with Crippen LogP contribution >= 0.6 is 15.9 Å². The van der Waals surface area contributed by atoms with Gasteiger partial charge in [0.2, 0.25) is 0 Å². The number of halogens is 1. The van der Waals surface area contributed by atoms with Crippen LogP contribution < -0.4 is 10.1 Å². The standard InChI is InChI=1S/C32H35BrN2O4/c1-31(2)14-22-29(24(36)16-31)28(30-23(35(22)5)15-32(3,4)17-25(30)37)19-11-12-26(21(33)13-19)39-18-27(38)34-20-9-7-6-8-10-20/h6-13,28H,14-18H2,1-5H3,(H,34,38). The summed E-state index contributed by atoms with van der Waals surface area (Å²) in [5, 5.41) is 2.81. The van der Waals surface area contributed by atoms with Crippen molar-refractivity contribution in [3.8, 4) is 5.75 Å². The third-order valence-corrected chi connectivity index (χ3v) is 8.51. The van der Waals surface area contributed by atoms with E-state index in [9.17, 15) is 14.4 Å². The van der Waals surface area contributed by atoms with Crippen LogP contribution in [0.5, 0.6) is 5.75 Å². The van der Waals surface area contributed by atoms with Gasteiger partial charge in [-0.1, -0.05) is 52.0 Å². The zero-order valence-electron chi connectivity index (χ0n) is 23.2. The number of rotatable bonds is 5.